The Morgan fingerprint density at radius 3 is 3.26 bits per heavy atom. The first kappa shape index (κ1) is 12.6. The maximum atomic E-state index is 5.44. The maximum absolute atomic E-state index is 5.44. The lowest BCUT2D eigenvalue weighted by atomic mass is 10.0. The van der Waals surface area contributed by atoms with Crippen LogP contribution in [0.4, 0.5) is 5.69 Å². The van der Waals surface area contributed by atoms with Crippen molar-refractivity contribution in [2.75, 3.05) is 12.0 Å². The molecule has 1 atom stereocenters. The molecule has 100 valence electrons. The summed E-state index contributed by atoms with van der Waals surface area (Å²) in [6.45, 7) is 4.23. The summed E-state index contributed by atoms with van der Waals surface area (Å²) in [5, 5.41) is 2.20. The van der Waals surface area contributed by atoms with Crippen LogP contribution in [0.25, 0.3) is 0 Å². The molecule has 0 aliphatic carbocycles. The van der Waals surface area contributed by atoms with Gasteiger partial charge in [-0.15, -0.1) is 11.3 Å². The summed E-state index contributed by atoms with van der Waals surface area (Å²) in [6, 6.07) is 6.60. The Labute approximate surface area is 117 Å². The van der Waals surface area contributed by atoms with E-state index in [-0.39, 0.29) is 0 Å². The highest BCUT2D eigenvalue weighted by Crippen LogP contribution is 2.33. The number of anilines is 1. The predicted molar refractivity (Wildman–Crippen MR) is 78.9 cm³/mol. The molecular weight excluding hydrogens is 256 g/mol. The van der Waals surface area contributed by atoms with E-state index in [0.29, 0.717) is 6.04 Å². The van der Waals surface area contributed by atoms with Crippen LogP contribution in [-0.4, -0.2) is 16.4 Å². The smallest absolute Gasteiger partial charge is 0.0565 e. The van der Waals surface area contributed by atoms with Crippen LogP contribution in [0, 0.1) is 0 Å². The number of nitrogens with zero attached hydrogens (tertiary/aromatic N) is 2. The first-order valence-corrected chi connectivity index (χ1v) is 7.38. The molecular formula is C14H18N4S. The van der Waals surface area contributed by atoms with Crippen molar-refractivity contribution in [2.45, 2.75) is 25.9 Å². The molecule has 1 aliphatic heterocycles. The summed E-state index contributed by atoms with van der Waals surface area (Å²) in [6.07, 6.45) is 2.95. The summed E-state index contributed by atoms with van der Waals surface area (Å²) in [7, 11) is 0. The number of rotatable bonds is 3. The zero-order valence-corrected chi connectivity index (χ0v) is 11.8. The minimum Gasteiger partial charge on any atom is -0.324 e. The van der Waals surface area contributed by atoms with E-state index in [1.165, 1.54) is 10.4 Å². The van der Waals surface area contributed by atoms with Gasteiger partial charge in [0.15, 0.2) is 0 Å². The third-order valence-electron chi connectivity index (χ3n) is 3.75. The van der Waals surface area contributed by atoms with Crippen LogP contribution in [0.15, 0.2) is 29.8 Å². The summed E-state index contributed by atoms with van der Waals surface area (Å²) in [4.78, 5) is 8.43. The average molecular weight is 274 g/mol. The van der Waals surface area contributed by atoms with Gasteiger partial charge in [0.1, 0.15) is 0 Å². The molecule has 19 heavy (non-hydrogen) atoms. The zero-order chi connectivity index (χ0) is 13.2. The number of hydrogen-bond donors (Lipinski definition) is 2. The SMILES string of the molecule is CC1c2ccsc2CCN1Cc1cc(NN)ccn1. The van der Waals surface area contributed by atoms with E-state index < -0.39 is 0 Å². The van der Waals surface area contributed by atoms with Crippen LogP contribution < -0.4 is 11.3 Å². The lowest BCUT2D eigenvalue weighted by Gasteiger charge is -2.33. The van der Waals surface area contributed by atoms with Crippen LogP contribution in [0.1, 0.15) is 29.1 Å². The van der Waals surface area contributed by atoms with Gasteiger partial charge in [0.2, 0.25) is 0 Å². The van der Waals surface area contributed by atoms with Crippen LogP contribution in [-0.2, 0) is 13.0 Å². The van der Waals surface area contributed by atoms with E-state index >= 15 is 0 Å². The fourth-order valence-electron chi connectivity index (χ4n) is 2.64. The normalized spacial score (nSPS) is 19.2. The number of thiophene rings is 1. The van der Waals surface area contributed by atoms with Crippen molar-refractivity contribution >= 4 is 17.0 Å². The van der Waals surface area contributed by atoms with E-state index in [2.05, 4.69) is 33.7 Å². The van der Waals surface area contributed by atoms with Crippen LogP contribution in [0.5, 0.6) is 0 Å². The number of nitrogens with one attached hydrogen (secondary N) is 1. The number of hydrazine groups is 1. The molecule has 1 unspecified atom stereocenters. The molecule has 0 fully saturated rings. The molecule has 0 saturated heterocycles. The summed E-state index contributed by atoms with van der Waals surface area (Å²) in [5.41, 5.74) is 6.11. The molecule has 5 heteroatoms. The summed E-state index contributed by atoms with van der Waals surface area (Å²) in [5.74, 6) is 5.44. The number of aromatic nitrogens is 1. The monoisotopic (exact) mass is 274 g/mol. The molecule has 0 bridgehead atoms. The Bertz CT molecular complexity index is 566. The van der Waals surface area contributed by atoms with Crippen molar-refractivity contribution in [2.24, 2.45) is 5.84 Å². The molecule has 3 N–H and O–H groups in total. The highest BCUT2D eigenvalue weighted by atomic mass is 32.1. The van der Waals surface area contributed by atoms with Gasteiger partial charge in [-0.25, -0.2) is 0 Å². The molecule has 2 aromatic rings. The van der Waals surface area contributed by atoms with Crippen molar-refractivity contribution in [3.63, 3.8) is 0 Å². The third kappa shape index (κ3) is 2.49. The molecule has 3 heterocycles. The first-order chi connectivity index (χ1) is 9.28. The number of fused-ring (bicyclic) bond motifs is 1. The topological polar surface area (TPSA) is 54.2 Å². The lowest BCUT2D eigenvalue weighted by Crippen LogP contribution is -2.32. The van der Waals surface area contributed by atoms with E-state index in [9.17, 15) is 0 Å². The van der Waals surface area contributed by atoms with Crippen LogP contribution in [0.3, 0.4) is 0 Å². The van der Waals surface area contributed by atoms with Gasteiger partial charge in [0, 0.05) is 30.2 Å². The molecule has 0 radical (unpaired) electrons. The van der Waals surface area contributed by atoms with Gasteiger partial charge in [0.05, 0.1) is 11.4 Å². The zero-order valence-electron chi connectivity index (χ0n) is 11.0. The Morgan fingerprint density at radius 1 is 1.53 bits per heavy atom. The van der Waals surface area contributed by atoms with Crippen molar-refractivity contribution in [3.05, 3.63) is 45.9 Å². The third-order valence-corrected chi connectivity index (χ3v) is 4.75. The van der Waals surface area contributed by atoms with Gasteiger partial charge in [0.25, 0.3) is 0 Å². The first-order valence-electron chi connectivity index (χ1n) is 6.50. The van der Waals surface area contributed by atoms with E-state index in [1.807, 2.05) is 23.5 Å². The maximum Gasteiger partial charge on any atom is 0.0565 e. The minimum absolute atomic E-state index is 0.464. The van der Waals surface area contributed by atoms with Crippen LogP contribution in [0.2, 0.25) is 0 Å². The largest absolute Gasteiger partial charge is 0.324 e. The van der Waals surface area contributed by atoms with Gasteiger partial charge < -0.3 is 5.43 Å². The minimum atomic E-state index is 0.464. The number of pyridine rings is 1. The highest BCUT2D eigenvalue weighted by molar-refractivity contribution is 7.10. The standard InChI is InChI=1S/C14H18N4S/c1-10-13-4-7-19-14(13)3-6-18(10)9-12-8-11(17-15)2-5-16-12/h2,4-5,7-8,10H,3,6,9,15H2,1H3,(H,16,17). The van der Waals surface area contributed by atoms with E-state index in [4.69, 9.17) is 5.84 Å². The number of nitrogens with two attached hydrogens (primary N) is 1. The van der Waals surface area contributed by atoms with Crippen molar-refractivity contribution in [1.82, 2.24) is 9.88 Å². The predicted octanol–water partition coefficient (Wildman–Crippen LogP) is 2.55. The van der Waals surface area contributed by atoms with Crippen molar-refractivity contribution in [1.29, 1.82) is 0 Å². The van der Waals surface area contributed by atoms with Gasteiger partial charge >= 0.3 is 0 Å². The fraction of sp³-hybridized carbons (Fsp3) is 0.357. The fourth-order valence-corrected chi connectivity index (χ4v) is 3.60. The molecule has 0 saturated carbocycles. The second-order valence-corrected chi connectivity index (χ2v) is 5.88. The Morgan fingerprint density at radius 2 is 2.42 bits per heavy atom. The van der Waals surface area contributed by atoms with Gasteiger partial charge in [-0.3, -0.25) is 15.7 Å². The van der Waals surface area contributed by atoms with E-state index in [0.717, 1.165) is 30.9 Å². The molecule has 0 aromatic carbocycles. The Balaban J connectivity index is 1.77. The Hall–Kier alpha value is -1.43. The lowest BCUT2D eigenvalue weighted by molar-refractivity contribution is 0.189. The average Bonchev–Trinajstić information content (AvgIpc) is 2.91. The van der Waals surface area contributed by atoms with Crippen molar-refractivity contribution in [3.8, 4) is 0 Å². The quantitative estimate of drug-likeness (QED) is 0.667. The molecule has 2 aromatic heterocycles. The Kier molecular flexibility index (Phi) is 3.50. The molecule has 4 nitrogen and oxygen atoms in total. The van der Waals surface area contributed by atoms with Crippen LogP contribution >= 0.6 is 11.3 Å². The van der Waals surface area contributed by atoms with Crippen molar-refractivity contribution < 1.29 is 0 Å². The number of nitrogen functional groups attached to an aromatic ring is 1. The van der Waals surface area contributed by atoms with E-state index in [1.54, 1.807) is 6.20 Å². The van der Waals surface area contributed by atoms with Gasteiger partial charge in [-0.1, -0.05) is 0 Å². The molecule has 0 amide bonds. The number of hydrogen-bond acceptors (Lipinski definition) is 5. The van der Waals surface area contributed by atoms with Gasteiger partial charge in [-0.2, -0.15) is 0 Å². The molecule has 1 aliphatic rings. The molecule has 0 spiro atoms. The highest BCUT2D eigenvalue weighted by Gasteiger charge is 2.24. The second kappa shape index (κ2) is 5.28. The summed E-state index contributed by atoms with van der Waals surface area (Å²) < 4.78 is 0. The second-order valence-electron chi connectivity index (χ2n) is 4.88. The molecule has 3 rings (SSSR count). The summed E-state index contributed by atoms with van der Waals surface area (Å²) >= 11 is 1.87. The van der Waals surface area contributed by atoms with Gasteiger partial charge in [-0.05, 0) is 42.5 Å².